The van der Waals surface area contributed by atoms with Crippen LogP contribution in [-0.2, 0) is 0 Å². The van der Waals surface area contributed by atoms with Crippen LogP contribution in [0.15, 0.2) is 0 Å². The molecule has 2 aliphatic carbocycles. The molecule has 0 bridgehead atoms. The molecular weight excluding hydrogens is 134 g/mol. The first-order chi connectivity index (χ1) is 5.22. The van der Waals surface area contributed by atoms with E-state index in [4.69, 9.17) is 0 Å². The average molecular weight is 151 g/mol. The minimum absolute atomic E-state index is 0.823. The fourth-order valence-corrected chi connectivity index (χ4v) is 3.13. The predicted octanol–water partition coefficient (Wildman–Crippen LogP) is 1.88. The van der Waals surface area contributed by atoms with Crippen molar-refractivity contribution in [3.05, 3.63) is 0 Å². The highest BCUT2D eigenvalue weighted by Crippen LogP contribution is 2.64. The third-order valence-corrected chi connectivity index (χ3v) is 3.87. The molecule has 1 heterocycles. The van der Waals surface area contributed by atoms with Gasteiger partial charge < -0.3 is 4.90 Å². The highest BCUT2D eigenvalue weighted by molar-refractivity contribution is 5.09. The molecule has 0 aromatic heterocycles. The summed E-state index contributed by atoms with van der Waals surface area (Å²) in [6.45, 7) is 2.80. The summed E-state index contributed by atoms with van der Waals surface area (Å²) in [5.41, 5.74) is 1.65. The molecule has 3 fully saturated rings. The maximum atomic E-state index is 2.57. The summed E-state index contributed by atoms with van der Waals surface area (Å²) < 4.78 is 0. The van der Waals surface area contributed by atoms with Crippen molar-refractivity contribution in [3.8, 4) is 0 Å². The second kappa shape index (κ2) is 1.66. The Hall–Kier alpha value is -0.0400. The van der Waals surface area contributed by atoms with Crippen molar-refractivity contribution >= 4 is 0 Å². The Labute approximate surface area is 68.8 Å². The van der Waals surface area contributed by atoms with E-state index in [9.17, 15) is 0 Å². The molecule has 1 aliphatic heterocycles. The third-order valence-electron chi connectivity index (χ3n) is 3.87. The van der Waals surface area contributed by atoms with Crippen LogP contribution in [0.3, 0.4) is 0 Å². The normalized spacial score (nSPS) is 37.9. The molecule has 0 radical (unpaired) electrons. The number of piperidine rings is 1. The summed E-state index contributed by atoms with van der Waals surface area (Å²) in [6.07, 6.45) is 7.68. The fourth-order valence-electron chi connectivity index (χ4n) is 3.13. The lowest BCUT2D eigenvalue weighted by atomic mass is 9.84. The van der Waals surface area contributed by atoms with Crippen LogP contribution in [0.25, 0.3) is 0 Å². The number of likely N-dealkylation sites (tertiary alicyclic amines) is 1. The second-order valence-electron chi connectivity index (χ2n) is 5.35. The van der Waals surface area contributed by atoms with Crippen LogP contribution < -0.4 is 0 Å². The summed E-state index contributed by atoms with van der Waals surface area (Å²) in [6, 6.07) is 0. The van der Waals surface area contributed by atoms with Gasteiger partial charge >= 0.3 is 0 Å². The largest absolute Gasteiger partial charge is 0.305 e. The topological polar surface area (TPSA) is 3.24 Å². The molecule has 0 aromatic rings. The van der Waals surface area contributed by atoms with Crippen molar-refractivity contribution in [3.63, 3.8) is 0 Å². The minimum atomic E-state index is 0.823. The van der Waals surface area contributed by atoms with Crippen molar-refractivity contribution in [2.24, 2.45) is 10.8 Å². The first kappa shape index (κ1) is 6.47. The van der Waals surface area contributed by atoms with Crippen molar-refractivity contribution < 1.29 is 0 Å². The quantitative estimate of drug-likeness (QED) is 0.511. The zero-order valence-electron chi connectivity index (χ0n) is 7.40. The first-order valence-electron chi connectivity index (χ1n) is 4.91. The van der Waals surface area contributed by atoms with Crippen LogP contribution >= 0.6 is 0 Å². The van der Waals surface area contributed by atoms with E-state index >= 15 is 0 Å². The van der Waals surface area contributed by atoms with E-state index in [1.165, 1.54) is 38.8 Å². The summed E-state index contributed by atoms with van der Waals surface area (Å²) in [4.78, 5) is 2.57. The summed E-state index contributed by atoms with van der Waals surface area (Å²) >= 11 is 0. The average Bonchev–Trinajstić information content (AvgIpc) is 2.76. The van der Waals surface area contributed by atoms with E-state index in [-0.39, 0.29) is 0 Å². The molecule has 1 nitrogen and oxygen atoms in total. The van der Waals surface area contributed by atoms with E-state index in [2.05, 4.69) is 11.9 Å². The van der Waals surface area contributed by atoms with Crippen molar-refractivity contribution in [1.29, 1.82) is 0 Å². The molecule has 0 atom stereocenters. The number of rotatable bonds is 0. The van der Waals surface area contributed by atoms with Gasteiger partial charge in [0.25, 0.3) is 0 Å². The van der Waals surface area contributed by atoms with Gasteiger partial charge in [-0.25, -0.2) is 0 Å². The van der Waals surface area contributed by atoms with Gasteiger partial charge in [-0.2, -0.15) is 0 Å². The Kier molecular flexibility index (Phi) is 0.976. The molecule has 62 valence electrons. The van der Waals surface area contributed by atoms with Gasteiger partial charge in [-0.15, -0.1) is 0 Å². The van der Waals surface area contributed by atoms with Crippen LogP contribution in [0.4, 0.5) is 0 Å². The van der Waals surface area contributed by atoms with Crippen molar-refractivity contribution in [2.45, 2.75) is 32.1 Å². The lowest BCUT2D eigenvalue weighted by molar-refractivity contribution is 0.123. The SMILES string of the molecule is CN1CC2(CC2)CC2(CC2)C1. The molecule has 1 saturated heterocycles. The van der Waals surface area contributed by atoms with Crippen molar-refractivity contribution in [2.75, 3.05) is 20.1 Å². The van der Waals surface area contributed by atoms with Crippen LogP contribution in [0, 0.1) is 10.8 Å². The Morgan fingerprint density at radius 2 is 1.36 bits per heavy atom. The monoisotopic (exact) mass is 151 g/mol. The van der Waals surface area contributed by atoms with Gasteiger partial charge in [-0.05, 0) is 50.0 Å². The fraction of sp³-hybridized carbons (Fsp3) is 1.00. The number of nitrogens with zero attached hydrogens (tertiary/aromatic N) is 1. The van der Waals surface area contributed by atoms with Crippen molar-refractivity contribution in [1.82, 2.24) is 4.90 Å². The maximum Gasteiger partial charge on any atom is 0.00354 e. The van der Waals surface area contributed by atoms with Gasteiger partial charge in [0.05, 0.1) is 0 Å². The first-order valence-corrected chi connectivity index (χ1v) is 4.91. The lowest BCUT2D eigenvalue weighted by Crippen LogP contribution is -2.39. The Bertz CT molecular complexity index is 169. The molecule has 3 aliphatic rings. The summed E-state index contributed by atoms with van der Waals surface area (Å²) in [5.74, 6) is 0. The summed E-state index contributed by atoms with van der Waals surface area (Å²) in [5, 5.41) is 0. The highest BCUT2D eigenvalue weighted by atomic mass is 15.1. The highest BCUT2D eigenvalue weighted by Gasteiger charge is 2.57. The molecule has 1 heteroatoms. The van der Waals surface area contributed by atoms with E-state index in [1.807, 2.05) is 0 Å². The Morgan fingerprint density at radius 3 is 1.73 bits per heavy atom. The zero-order valence-corrected chi connectivity index (χ0v) is 7.40. The standard InChI is InChI=1S/C10H17N/c1-11-7-9(2-3-9)6-10(8-11)4-5-10/h2-8H2,1H3. The number of hydrogen-bond donors (Lipinski definition) is 0. The van der Waals surface area contributed by atoms with Gasteiger partial charge in [-0.3, -0.25) is 0 Å². The van der Waals surface area contributed by atoms with Crippen LogP contribution in [0.1, 0.15) is 32.1 Å². The van der Waals surface area contributed by atoms with Crippen LogP contribution in [0.5, 0.6) is 0 Å². The molecule has 2 saturated carbocycles. The molecule has 0 aromatic carbocycles. The molecular formula is C10H17N. The summed E-state index contributed by atoms with van der Waals surface area (Å²) in [7, 11) is 2.30. The molecule has 0 N–H and O–H groups in total. The van der Waals surface area contributed by atoms with E-state index < -0.39 is 0 Å². The molecule has 11 heavy (non-hydrogen) atoms. The van der Waals surface area contributed by atoms with Crippen LogP contribution in [-0.4, -0.2) is 25.0 Å². The molecule has 2 spiro atoms. The van der Waals surface area contributed by atoms with Gasteiger partial charge in [0.1, 0.15) is 0 Å². The van der Waals surface area contributed by atoms with Crippen LogP contribution in [0.2, 0.25) is 0 Å². The smallest absolute Gasteiger partial charge is 0.00354 e. The van der Waals surface area contributed by atoms with E-state index in [1.54, 1.807) is 6.42 Å². The molecule has 3 rings (SSSR count). The minimum Gasteiger partial charge on any atom is -0.305 e. The van der Waals surface area contributed by atoms with Gasteiger partial charge in [0.15, 0.2) is 0 Å². The zero-order chi connectivity index (χ0) is 7.53. The van der Waals surface area contributed by atoms with Gasteiger partial charge in [0, 0.05) is 13.1 Å². The number of hydrogen-bond acceptors (Lipinski definition) is 1. The molecule has 0 amide bonds. The van der Waals surface area contributed by atoms with Gasteiger partial charge in [0.2, 0.25) is 0 Å². The maximum absolute atomic E-state index is 2.57. The Balaban J connectivity index is 1.82. The lowest BCUT2D eigenvalue weighted by Gasteiger charge is -2.36. The Morgan fingerprint density at radius 1 is 0.909 bits per heavy atom. The van der Waals surface area contributed by atoms with E-state index in [0.29, 0.717) is 0 Å². The predicted molar refractivity (Wildman–Crippen MR) is 45.4 cm³/mol. The third kappa shape index (κ3) is 0.936. The second-order valence-corrected chi connectivity index (χ2v) is 5.35. The molecule has 0 unspecified atom stereocenters. The van der Waals surface area contributed by atoms with E-state index in [0.717, 1.165) is 10.8 Å². The van der Waals surface area contributed by atoms with Gasteiger partial charge in [-0.1, -0.05) is 0 Å².